The second-order valence-electron chi connectivity index (χ2n) is 2.60. The van der Waals surface area contributed by atoms with E-state index in [-0.39, 0.29) is 0 Å². The molecule has 1 heterocycles. The van der Waals surface area contributed by atoms with E-state index >= 15 is 0 Å². The summed E-state index contributed by atoms with van der Waals surface area (Å²) in [6, 6.07) is 0. The van der Waals surface area contributed by atoms with Gasteiger partial charge in [0.05, 0.1) is 12.5 Å². The second kappa shape index (κ2) is 2.78. The third kappa shape index (κ3) is 1.23. The Morgan fingerprint density at radius 1 is 1.64 bits per heavy atom. The van der Waals surface area contributed by atoms with Gasteiger partial charge in [-0.1, -0.05) is 18.2 Å². The summed E-state index contributed by atoms with van der Waals surface area (Å²) >= 11 is 0. The Hall–Kier alpha value is -0.620. The smallest absolute Gasteiger partial charge is 0.195 e. The van der Waals surface area contributed by atoms with Crippen LogP contribution >= 0.6 is 9.24 Å². The van der Waals surface area contributed by atoms with Crippen LogP contribution in [0.25, 0.3) is 0 Å². The lowest BCUT2D eigenvalue weighted by Gasteiger charge is -2.08. The first-order chi connectivity index (χ1) is 5.38. The number of rotatable bonds is 1. The number of ether oxygens (including phenoxy) is 1. The van der Waals surface area contributed by atoms with Crippen LogP contribution in [-0.2, 0) is 4.74 Å². The molecule has 0 saturated heterocycles. The Kier molecular flexibility index (Phi) is 1.79. The average molecular weight is 167 g/mol. The molecular formula is C8H10NOP. The fraction of sp³-hybridized carbons (Fsp3) is 0.375. The second-order valence-corrected chi connectivity index (χ2v) is 3.26. The molecule has 0 spiro atoms. The molecule has 2 rings (SSSR count). The molecule has 2 nitrogen and oxygen atoms in total. The number of allylic oxidation sites excluding steroid dienone is 2. The van der Waals surface area contributed by atoms with Crippen molar-refractivity contribution >= 4 is 15.1 Å². The topological polar surface area (TPSA) is 21.6 Å². The summed E-state index contributed by atoms with van der Waals surface area (Å²) in [4.78, 5) is 4.26. The predicted octanol–water partition coefficient (Wildman–Crippen LogP) is 1.36. The Labute approximate surface area is 68.2 Å². The molecule has 0 fully saturated rings. The van der Waals surface area contributed by atoms with E-state index in [1.807, 2.05) is 6.08 Å². The molecule has 11 heavy (non-hydrogen) atoms. The highest BCUT2D eigenvalue weighted by Gasteiger charge is 2.21. The molecule has 0 bridgehead atoms. The van der Waals surface area contributed by atoms with E-state index in [1.54, 1.807) is 0 Å². The van der Waals surface area contributed by atoms with Gasteiger partial charge in [-0.05, 0) is 5.31 Å². The van der Waals surface area contributed by atoms with E-state index in [0.29, 0.717) is 5.92 Å². The van der Waals surface area contributed by atoms with Crippen molar-refractivity contribution in [1.82, 2.24) is 0 Å². The van der Waals surface area contributed by atoms with Gasteiger partial charge in [0, 0.05) is 0 Å². The maximum Gasteiger partial charge on any atom is 0.195 e. The molecule has 1 aliphatic carbocycles. The fourth-order valence-electron chi connectivity index (χ4n) is 1.26. The van der Waals surface area contributed by atoms with Crippen molar-refractivity contribution in [2.75, 3.05) is 13.2 Å². The predicted molar refractivity (Wildman–Crippen MR) is 48.7 cm³/mol. The van der Waals surface area contributed by atoms with Crippen LogP contribution in [0.4, 0.5) is 0 Å². The van der Waals surface area contributed by atoms with Gasteiger partial charge in [0.15, 0.2) is 5.90 Å². The van der Waals surface area contributed by atoms with E-state index < -0.39 is 0 Å². The summed E-state index contributed by atoms with van der Waals surface area (Å²) in [5.41, 5.74) is 0. The maximum atomic E-state index is 5.35. The molecule has 0 radical (unpaired) electrons. The van der Waals surface area contributed by atoms with Crippen molar-refractivity contribution in [2.24, 2.45) is 10.9 Å². The standard InChI is InChI=1S/C8H10NOP/c11-7-3-1-2-6(7)8-9-4-5-10-8/h1-3,6H,4-5,11H2. The third-order valence-electron chi connectivity index (χ3n) is 1.83. The van der Waals surface area contributed by atoms with Crippen LogP contribution < -0.4 is 0 Å². The summed E-state index contributed by atoms with van der Waals surface area (Å²) in [7, 11) is 2.70. The SMILES string of the molecule is PC1=CC=CC1C1=NCCO1. The quantitative estimate of drug-likeness (QED) is 0.540. The van der Waals surface area contributed by atoms with Gasteiger partial charge < -0.3 is 4.74 Å². The van der Waals surface area contributed by atoms with Crippen molar-refractivity contribution < 1.29 is 4.74 Å². The van der Waals surface area contributed by atoms with Gasteiger partial charge in [-0.25, -0.2) is 0 Å². The minimum absolute atomic E-state index is 0.294. The first kappa shape index (κ1) is 7.05. The molecule has 0 amide bonds. The lowest BCUT2D eigenvalue weighted by molar-refractivity contribution is 0.335. The van der Waals surface area contributed by atoms with Crippen LogP contribution in [0.1, 0.15) is 0 Å². The molecule has 2 atom stereocenters. The summed E-state index contributed by atoms with van der Waals surface area (Å²) in [6.07, 6.45) is 6.21. The lowest BCUT2D eigenvalue weighted by atomic mass is 10.2. The molecule has 0 saturated carbocycles. The van der Waals surface area contributed by atoms with Crippen molar-refractivity contribution in [2.45, 2.75) is 0 Å². The van der Waals surface area contributed by atoms with Gasteiger partial charge in [-0.15, -0.1) is 9.24 Å². The summed E-state index contributed by atoms with van der Waals surface area (Å²) in [5, 5.41) is 1.24. The zero-order valence-corrected chi connectivity index (χ0v) is 7.31. The van der Waals surface area contributed by atoms with Crippen molar-refractivity contribution in [3.05, 3.63) is 23.5 Å². The van der Waals surface area contributed by atoms with Crippen LogP contribution in [0.5, 0.6) is 0 Å². The largest absolute Gasteiger partial charge is 0.478 e. The Bertz CT molecular complexity index is 255. The first-order valence-corrected chi connectivity index (χ1v) is 4.26. The van der Waals surface area contributed by atoms with E-state index in [1.165, 1.54) is 5.31 Å². The van der Waals surface area contributed by atoms with Gasteiger partial charge in [-0.3, -0.25) is 4.99 Å². The van der Waals surface area contributed by atoms with Crippen LogP contribution in [0.3, 0.4) is 0 Å². The highest BCUT2D eigenvalue weighted by atomic mass is 31.0. The van der Waals surface area contributed by atoms with E-state index in [4.69, 9.17) is 4.74 Å². The van der Waals surface area contributed by atoms with E-state index in [2.05, 4.69) is 26.4 Å². The number of aliphatic imine (C=N–C) groups is 1. The Balaban J connectivity index is 2.16. The van der Waals surface area contributed by atoms with Crippen LogP contribution in [0, 0.1) is 5.92 Å². The van der Waals surface area contributed by atoms with E-state index in [9.17, 15) is 0 Å². The summed E-state index contributed by atoms with van der Waals surface area (Å²) in [5.74, 6) is 1.17. The Morgan fingerprint density at radius 2 is 2.55 bits per heavy atom. The molecule has 58 valence electrons. The zero-order chi connectivity index (χ0) is 7.68. The minimum Gasteiger partial charge on any atom is -0.478 e. The van der Waals surface area contributed by atoms with Crippen molar-refractivity contribution in [3.8, 4) is 0 Å². The van der Waals surface area contributed by atoms with Gasteiger partial charge in [0.1, 0.15) is 6.61 Å². The summed E-state index contributed by atoms with van der Waals surface area (Å²) in [6.45, 7) is 1.56. The molecule has 2 aliphatic rings. The van der Waals surface area contributed by atoms with Gasteiger partial charge in [0.25, 0.3) is 0 Å². The zero-order valence-electron chi connectivity index (χ0n) is 6.16. The Morgan fingerprint density at radius 3 is 3.09 bits per heavy atom. The van der Waals surface area contributed by atoms with Gasteiger partial charge >= 0.3 is 0 Å². The minimum atomic E-state index is 0.294. The molecule has 1 aliphatic heterocycles. The highest BCUT2D eigenvalue weighted by Crippen LogP contribution is 2.27. The van der Waals surface area contributed by atoms with Crippen molar-refractivity contribution in [1.29, 1.82) is 0 Å². The molecule has 0 aromatic rings. The third-order valence-corrected chi connectivity index (χ3v) is 2.38. The summed E-state index contributed by atoms with van der Waals surface area (Å²) < 4.78 is 5.35. The normalized spacial score (nSPS) is 28.3. The van der Waals surface area contributed by atoms with Crippen LogP contribution in [0.2, 0.25) is 0 Å². The molecule has 2 unspecified atom stereocenters. The molecule has 0 N–H and O–H groups in total. The monoisotopic (exact) mass is 167 g/mol. The highest BCUT2D eigenvalue weighted by molar-refractivity contribution is 7.22. The molecule has 0 aromatic heterocycles. The maximum absolute atomic E-state index is 5.35. The lowest BCUT2D eigenvalue weighted by Crippen LogP contribution is -2.10. The first-order valence-electron chi connectivity index (χ1n) is 3.69. The average Bonchev–Trinajstić information content (AvgIpc) is 2.55. The van der Waals surface area contributed by atoms with Crippen LogP contribution in [-0.4, -0.2) is 19.0 Å². The molecular weight excluding hydrogens is 157 g/mol. The molecule has 0 aromatic carbocycles. The van der Waals surface area contributed by atoms with Gasteiger partial charge in [0.2, 0.25) is 0 Å². The van der Waals surface area contributed by atoms with E-state index in [0.717, 1.165) is 19.0 Å². The molecule has 3 heteroatoms. The number of hydrogen-bond acceptors (Lipinski definition) is 2. The van der Waals surface area contributed by atoms with Crippen LogP contribution in [0.15, 0.2) is 28.5 Å². The fourth-order valence-corrected chi connectivity index (χ4v) is 1.62. The van der Waals surface area contributed by atoms with Crippen molar-refractivity contribution in [3.63, 3.8) is 0 Å². The number of nitrogens with zero attached hydrogens (tertiary/aromatic N) is 1. The van der Waals surface area contributed by atoms with Gasteiger partial charge in [-0.2, -0.15) is 0 Å². The number of hydrogen-bond donors (Lipinski definition) is 0.